The van der Waals surface area contributed by atoms with E-state index in [1.54, 1.807) is 0 Å². The summed E-state index contributed by atoms with van der Waals surface area (Å²) in [5, 5.41) is 0. The molecule has 3 aliphatic rings. The lowest BCUT2D eigenvalue weighted by Crippen LogP contribution is -2.64. The van der Waals surface area contributed by atoms with Gasteiger partial charge in [-0.2, -0.15) is 0 Å². The molecule has 3 nitrogen and oxygen atoms in total. The van der Waals surface area contributed by atoms with Crippen molar-refractivity contribution >= 4 is 17.2 Å². The van der Waals surface area contributed by atoms with Crippen LogP contribution >= 0.6 is 12.2 Å². The van der Waals surface area contributed by atoms with Gasteiger partial charge in [0.1, 0.15) is 5.72 Å². The van der Waals surface area contributed by atoms with Crippen molar-refractivity contribution in [1.82, 2.24) is 9.80 Å². The highest BCUT2D eigenvalue weighted by molar-refractivity contribution is 7.80. The minimum Gasteiger partial charge on any atom is -0.353 e. The highest BCUT2D eigenvalue weighted by Crippen LogP contribution is 2.48. The van der Waals surface area contributed by atoms with Gasteiger partial charge in [0, 0.05) is 32.0 Å². The quantitative estimate of drug-likeness (QED) is 0.777. The first kappa shape index (κ1) is 16.5. The predicted octanol–water partition coefficient (Wildman–Crippen LogP) is 3.68. The topological polar surface area (TPSA) is 15.7 Å². The molecule has 3 aliphatic heterocycles. The Balaban J connectivity index is 1.52. The maximum Gasteiger partial charge on any atom is 0.147 e. The highest BCUT2D eigenvalue weighted by atomic mass is 32.1. The summed E-state index contributed by atoms with van der Waals surface area (Å²) < 4.78 is 6.50. The van der Waals surface area contributed by atoms with Crippen LogP contribution in [0, 0.1) is 11.8 Å². The van der Waals surface area contributed by atoms with Gasteiger partial charge in [0.05, 0.1) is 17.6 Å². The number of hydrogen-bond acceptors (Lipinski definition) is 3. The largest absolute Gasteiger partial charge is 0.353 e. The molecular weight excluding hydrogens is 316 g/mol. The minimum absolute atomic E-state index is 0.114. The molecule has 1 aromatic carbocycles. The summed E-state index contributed by atoms with van der Waals surface area (Å²) >= 11 is 5.77. The molecule has 24 heavy (non-hydrogen) atoms. The summed E-state index contributed by atoms with van der Waals surface area (Å²) in [5.41, 5.74) is 1.29. The third-order valence-electron chi connectivity index (χ3n) is 6.14. The van der Waals surface area contributed by atoms with E-state index >= 15 is 0 Å². The third-order valence-corrected chi connectivity index (χ3v) is 6.54. The average Bonchev–Trinajstić information content (AvgIpc) is 2.98. The van der Waals surface area contributed by atoms with Crippen LogP contribution in [0.4, 0.5) is 0 Å². The Bertz CT molecular complexity index is 605. The van der Waals surface area contributed by atoms with Crippen LogP contribution in [0.15, 0.2) is 30.3 Å². The second-order valence-corrected chi connectivity index (χ2v) is 8.41. The normalized spacial score (nSPS) is 33.6. The van der Waals surface area contributed by atoms with Crippen LogP contribution in [0.1, 0.15) is 38.7 Å². The zero-order valence-corrected chi connectivity index (χ0v) is 15.6. The molecule has 4 heteroatoms. The van der Waals surface area contributed by atoms with Crippen molar-refractivity contribution < 1.29 is 4.74 Å². The van der Waals surface area contributed by atoms with Gasteiger partial charge in [-0.15, -0.1) is 0 Å². The summed E-state index contributed by atoms with van der Waals surface area (Å²) in [6, 6.07) is 11.3. The SMILES string of the molecule is CC(C)[C@H]1CO[C@]23CCN(Cc4ccccc4)C[C@H]2CCC(=S)N13. The van der Waals surface area contributed by atoms with Crippen LogP contribution in [-0.2, 0) is 11.3 Å². The standard InChI is InChI=1S/C20H28N2OS/c1-15(2)18-14-23-20-10-11-21(12-16-6-4-3-5-7-16)13-17(20)8-9-19(24)22(18)20/h3-7,15,17-18H,8-14H2,1-2H3/t17-,18-,20-/m1/s1. The van der Waals surface area contributed by atoms with Gasteiger partial charge in [0.2, 0.25) is 0 Å². The van der Waals surface area contributed by atoms with Crippen LogP contribution in [-0.4, -0.2) is 46.3 Å². The number of benzene rings is 1. The molecule has 0 aliphatic carbocycles. The van der Waals surface area contributed by atoms with E-state index in [1.807, 2.05) is 0 Å². The maximum atomic E-state index is 6.50. The Morgan fingerprint density at radius 3 is 2.83 bits per heavy atom. The van der Waals surface area contributed by atoms with Crippen LogP contribution in [0.3, 0.4) is 0 Å². The molecule has 3 fully saturated rings. The van der Waals surface area contributed by atoms with Gasteiger partial charge in [0.15, 0.2) is 0 Å². The van der Waals surface area contributed by atoms with Crippen molar-refractivity contribution in [2.45, 2.75) is 51.4 Å². The Hall–Kier alpha value is -0.970. The molecule has 3 heterocycles. The van der Waals surface area contributed by atoms with E-state index in [1.165, 1.54) is 12.0 Å². The first-order valence-electron chi connectivity index (χ1n) is 9.32. The van der Waals surface area contributed by atoms with Crippen molar-refractivity contribution in [3.63, 3.8) is 0 Å². The first-order chi connectivity index (χ1) is 11.6. The van der Waals surface area contributed by atoms with Crippen LogP contribution in [0.2, 0.25) is 0 Å². The van der Waals surface area contributed by atoms with Crippen LogP contribution < -0.4 is 0 Å². The Morgan fingerprint density at radius 1 is 1.29 bits per heavy atom. The molecule has 0 unspecified atom stereocenters. The summed E-state index contributed by atoms with van der Waals surface area (Å²) in [6.45, 7) is 8.69. The van der Waals surface area contributed by atoms with E-state index in [-0.39, 0.29) is 5.72 Å². The van der Waals surface area contributed by atoms with Gasteiger partial charge in [-0.25, -0.2) is 0 Å². The number of nitrogens with zero attached hydrogens (tertiary/aromatic N) is 2. The molecule has 0 aromatic heterocycles. The zero-order chi connectivity index (χ0) is 16.7. The van der Waals surface area contributed by atoms with E-state index in [2.05, 4.69) is 54.0 Å². The molecule has 0 saturated carbocycles. The third kappa shape index (κ3) is 2.69. The molecule has 3 atom stereocenters. The summed E-state index contributed by atoms with van der Waals surface area (Å²) in [7, 11) is 0. The van der Waals surface area contributed by atoms with E-state index < -0.39 is 0 Å². The second-order valence-electron chi connectivity index (χ2n) is 7.94. The fraction of sp³-hybridized carbons (Fsp3) is 0.650. The molecule has 0 bridgehead atoms. The Labute approximate surface area is 151 Å². The second kappa shape index (κ2) is 6.40. The van der Waals surface area contributed by atoms with Crippen molar-refractivity contribution in [1.29, 1.82) is 0 Å². The molecule has 0 N–H and O–H groups in total. The van der Waals surface area contributed by atoms with Crippen molar-refractivity contribution in [3.05, 3.63) is 35.9 Å². The monoisotopic (exact) mass is 344 g/mol. The number of thiocarbonyl (C=S) groups is 1. The maximum absolute atomic E-state index is 6.50. The molecular formula is C20H28N2OS. The molecule has 130 valence electrons. The molecule has 1 spiro atoms. The van der Waals surface area contributed by atoms with Gasteiger partial charge < -0.3 is 9.64 Å². The van der Waals surface area contributed by atoms with Gasteiger partial charge in [-0.3, -0.25) is 4.90 Å². The van der Waals surface area contributed by atoms with E-state index in [0.29, 0.717) is 17.9 Å². The van der Waals surface area contributed by atoms with E-state index in [4.69, 9.17) is 17.0 Å². The number of piperidine rings is 2. The summed E-state index contributed by atoms with van der Waals surface area (Å²) in [4.78, 5) is 6.25. The fourth-order valence-corrected chi connectivity index (χ4v) is 5.24. The van der Waals surface area contributed by atoms with Gasteiger partial charge >= 0.3 is 0 Å². The number of likely N-dealkylation sites (tertiary alicyclic amines) is 1. The van der Waals surface area contributed by atoms with Crippen molar-refractivity contribution in [2.75, 3.05) is 19.7 Å². The lowest BCUT2D eigenvalue weighted by Gasteiger charge is -2.54. The lowest BCUT2D eigenvalue weighted by atomic mass is 9.79. The van der Waals surface area contributed by atoms with Gasteiger partial charge in [-0.1, -0.05) is 56.4 Å². The van der Waals surface area contributed by atoms with Crippen LogP contribution in [0.25, 0.3) is 0 Å². The van der Waals surface area contributed by atoms with E-state index in [9.17, 15) is 0 Å². The number of hydrogen-bond donors (Lipinski definition) is 0. The highest BCUT2D eigenvalue weighted by Gasteiger charge is 2.57. The molecule has 0 amide bonds. The minimum atomic E-state index is -0.114. The molecule has 3 saturated heterocycles. The molecule has 0 radical (unpaired) electrons. The summed E-state index contributed by atoms with van der Waals surface area (Å²) in [5.74, 6) is 1.16. The molecule has 1 aromatic rings. The van der Waals surface area contributed by atoms with Crippen LogP contribution in [0.5, 0.6) is 0 Å². The molecule has 4 rings (SSSR count). The Kier molecular flexibility index (Phi) is 4.40. The predicted molar refractivity (Wildman–Crippen MR) is 101 cm³/mol. The summed E-state index contributed by atoms with van der Waals surface area (Å²) in [6.07, 6.45) is 3.30. The van der Waals surface area contributed by atoms with Crippen molar-refractivity contribution in [2.24, 2.45) is 11.8 Å². The number of ether oxygens (including phenoxy) is 1. The van der Waals surface area contributed by atoms with Gasteiger partial charge in [0.25, 0.3) is 0 Å². The average molecular weight is 345 g/mol. The van der Waals surface area contributed by atoms with E-state index in [0.717, 1.165) is 44.1 Å². The zero-order valence-electron chi connectivity index (χ0n) is 14.8. The van der Waals surface area contributed by atoms with Gasteiger partial charge in [-0.05, 0) is 24.3 Å². The number of rotatable bonds is 3. The lowest BCUT2D eigenvalue weighted by molar-refractivity contribution is -0.150. The van der Waals surface area contributed by atoms with Crippen molar-refractivity contribution in [3.8, 4) is 0 Å². The first-order valence-corrected chi connectivity index (χ1v) is 9.73. The fourth-order valence-electron chi connectivity index (χ4n) is 4.84. The smallest absolute Gasteiger partial charge is 0.147 e. The Morgan fingerprint density at radius 2 is 2.08 bits per heavy atom.